The molecule has 0 bridgehead atoms. The maximum absolute atomic E-state index is 10.7. The van der Waals surface area contributed by atoms with Crippen LogP contribution in [-0.4, -0.2) is 37.9 Å². The molecule has 0 N–H and O–H groups in total. The number of carbonyl (C=O) groups excluding carboxylic acids is 1. The van der Waals surface area contributed by atoms with E-state index in [0.717, 1.165) is 53.5 Å². The van der Waals surface area contributed by atoms with E-state index in [9.17, 15) is 30.0 Å². The van der Waals surface area contributed by atoms with E-state index >= 15 is 0 Å². The molecule has 0 aromatic carbocycles. The summed E-state index contributed by atoms with van der Waals surface area (Å²) in [5, 5.41) is 0. The summed E-state index contributed by atoms with van der Waals surface area (Å²) in [6.07, 6.45) is 12.7. The number of hydrogen-bond donors (Lipinski definition) is 0. The number of amides is 1. The predicted octanol–water partition coefficient (Wildman–Crippen LogP) is 8.57. The summed E-state index contributed by atoms with van der Waals surface area (Å²) in [7, 11) is -10.7. The SMILES string of the molecule is F[P-](F)(F)(F)(F)F.O=[C-]N1CCCc2cccnc21.[Ru+3].c1ccc(-c2ccccn2)nc1.c1ccc(-c2ccccn2)nc1. The van der Waals surface area contributed by atoms with Crippen LogP contribution >= 0.6 is 7.81 Å². The second-order valence-electron chi connectivity index (χ2n) is 8.65. The van der Waals surface area contributed by atoms with E-state index in [1.807, 2.05) is 91.3 Å². The van der Waals surface area contributed by atoms with Crippen molar-refractivity contribution in [3.05, 3.63) is 121 Å². The third-order valence-electron chi connectivity index (χ3n) is 5.25. The first-order valence-electron chi connectivity index (χ1n) is 12.6. The zero-order chi connectivity index (χ0) is 31.2. The van der Waals surface area contributed by atoms with Crippen LogP contribution in [0.25, 0.3) is 22.8 Å². The maximum atomic E-state index is 10.5. The van der Waals surface area contributed by atoms with E-state index in [1.54, 1.807) is 35.9 Å². The van der Waals surface area contributed by atoms with Gasteiger partial charge in [-0.3, -0.25) is 19.9 Å². The molecular weight excluding hydrogens is 694 g/mol. The van der Waals surface area contributed by atoms with Crippen LogP contribution in [0.15, 0.2) is 116 Å². The van der Waals surface area contributed by atoms with E-state index in [4.69, 9.17) is 0 Å². The fourth-order valence-corrected chi connectivity index (χ4v) is 3.55. The maximum Gasteiger partial charge on any atom is 3.00 e. The number of aryl methyl sites for hydroxylation is 1. The zero-order valence-electron chi connectivity index (χ0n) is 22.8. The van der Waals surface area contributed by atoms with Gasteiger partial charge in [0.2, 0.25) is 0 Å². The number of anilines is 1. The first kappa shape index (κ1) is 36.0. The molecule has 0 atom stereocenters. The van der Waals surface area contributed by atoms with Crippen LogP contribution in [0.3, 0.4) is 0 Å². The van der Waals surface area contributed by atoms with E-state index in [-0.39, 0.29) is 19.5 Å². The van der Waals surface area contributed by atoms with Gasteiger partial charge in [0, 0.05) is 31.0 Å². The summed E-state index contributed by atoms with van der Waals surface area (Å²) in [4.78, 5) is 32.9. The van der Waals surface area contributed by atoms with Crippen molar-refractivity contribution in [3.8, 4) is 22.8 Å². The molecule has 15 heteroatoms. The number of fused-ring (bicyclic) bond motifs is 1. The molecule has 1 aliphatic heterocycles. The van der Waals surface area contributed by atoms with Crippen molar-refractivity contribution in [1.82, 2.24) is 24.9 Å². The average Bonchev–Trinajstić information content (AvgIpc) is 3.02. The first-order valence-corrected chi connectivity index (χ1v) is 14.6. The van der Waals surface area contributed by atoms with Gasteiger partial charge >= 0.3 is 52.5 Å². The molecule has 1 aliphatic rings. The summed E-state index contributed by atoms with van der Waals surface area (Å²) in [6.45, 7) is 0.744. The van der Waals surface area contributed by atoms with Gasteiger partial charge in [0.1, 0.15) is 0 Å². The molecule has 0 fully saturated rings. The monoisotopic (exact) mass is 720 g/mol. The van der Waals surface area contributed by atoms with Crippen molar-refractivity contribution < 1.29 is 49.5 Å². The Balaban J connectivity index is 0.000000207. The molecule has 0 saturated heterocycles. The van der Waals surface area contributed by atoms with Gasteiger partial charge in [0.15, 0.2) is 0 Å². The van der Waals surface area contributed by atoms with Gasteiger partial charge < -0.3 is 14.7 Å². The average molecular weight is 720 g/mol. The largest absolute Gasteiger partial charge is 3.00 e. The predicted molar refractivity (Wildman–Crippen MR) is 154 cm³/mol. The Bertz CT molecular complexity index is 1400. The fraction of sp³-hybridized carbons (Fsp3) is 0.103. The standard InChI is InChI=1S/2C10H8N2.C9H9N2O.F6P.Ru/c2*1-3-7-11-9(5-1)10-6-2-4-8-12-10;12-7-11-6-2-4-8-3-1-5-10-9(8)11;1-7(2,3,4,5)6;/h2*1-8H;1,3,5H,2,4,6H2;;/q;;2*-1;+3. The van der Waals surface area contributed by atoms with Crippen molar-refractivity contribution in [2.45, 2.75) is 12.8 Å². The van der Waals surface area contributed by atoms with E-state index in [2.05, 4.69) is 24.9 Å². The Hall–Kier alpha value is -4.15. The summed E-state index contributed by atoms with van der Waals surface area (Å²) in [5.41, 5.74) is 4.81. The van der Waals surface area contributed by atoms with Crippen molar-refractivity contribution in [3.63, 3.8) is 0 Å². The Labute approximate surface area is 262 Å². The van der Waals surface area contributed by atoms with Gasteiger partial charge in [0.05, 0.1) is 29.2 Å². The fourth-order valence-electron chi connectivity index (χ4n) is 3.55. The van der Waals surface area contributed by atoms with Crippen LogP contribution in [0.1, 0.15) is 12.0 Å². The molecule has 6 rings (SSSR count). The molecule has 7 nitrogen and oxygen atoms in total. The summed E-state index contributed by atoms with van der Waals surface area (Å²) >= 11 is 0. The molecule has 0 unspecified atom stereocenters. The van der Waals surface area contributed by atoms with Gasteiger partial charge in [-0.15, -0.1) is 0 Å². The van der Waals surface area contributed by atoms with E-state index < -0.39 is 7.81 Å². The van der Waals surface area contributed by atoms with Crippen molar-refractivity contribution >= 4 is 20.0 Å². The van der Waals surface area contributed by atoms with Gasteiger partial charge in [-0.2, -0.15) is 0 Å². The summed E-state index contributed by atoms with van der Waals surface area (Å²) < 4.78 is 59.2. The third-order valence-corrected chi connectivity index (χ3v) is 5.25. The Morgan fingerprint density at radius 1 is 0.568 bits per heavy atom. The summed E-state index contributed by atoms with van der Waals surface area (Å²) in [5.74, 6) is 0.777. The number of halogens is 6. The minimum atomic E-state index is -10.7. The molecule has 1 radical (unpaired) electrons. The van der Waals surface area contributed by atoms with Gasteiger partial charge in [-0.25, -0.2) is 0 Å². The Morgan fingerprint density at radius 3 is 1.25 bits per heavy atom. The van der Waals surface area contributed by atoms with Crippen LogP contribution in [0, 0.1) is 0 Å². The Kier molecular flexibility index (Phi) is 12.7. The van der Waals surface area contributed by atoms with Gasteiger partial charge in [-0.05, 0) is 79.8 Å². The van der Waals surface area contributed by atoms with Crippen molar-refractivity contribution in [2.24, 2.45) is 0 Å². The summed E-state index contributed by atoms with van der Waals surface area (Å²) in [6, 6.07) is 27.1. The van der Waals surface area contributed by atoms with Crippen molar-refractivity contribution in [2.75, 3.05) is 11.4 Å². The molecule has 5 aromatic heterocycles. The second-order valence-corrected chi connectivity index (χ2v) is 10.6. The minimum Gasteiger partial charge on any atom is -0.462 e. The first-order chi connectivity index (χ1) is 20.3. The normalized spacial score (nSPS) is 13.2. The number of pyridine rings is 5. The van der Waals surface area contributed by atoms with E-state index in [1.165, 1.54) is 0 Å². The molecule has 6 heterocycles. The molecule has 1 amide bonds. The molecule has 5 aromatic rings. The number of nitrogens with zero attached hydrogens (tertiary/aromatic N) is 6. The molecule has 0 saturated carbocycles. The van der Waals surface area contributed by atoms with Crippen LogP contribution < -0.4 is 4.90 Å². The van der Waals surface area contributed by atoms with Gasteiger partial charge in [0.25, 0.3) is 0 Å². The topological polar surface area (TPSA) is 84.8 Å². The molecule has 231 valence electrons. The molecule has 0 spiro atoms. The smallest absolute Gasteiger partial charge is 0.462 e. The molecule has 0 aliphatic carbocycles. The number of hydrogen-bond acceptors (Lipinski definition) is 6. The number of rotatable bonds is 3. The minimum absolute atomic E-state index is 0. The quantitative estimate of drug-likeness (QED) is 0.0805. The zero-order valence-corrected chi connectivity index (χ0v) is 25.4. The molecule has 44 heavy (non-hydrogen) atoms. The third kappa shape index (κ3) is 14.8. The van der Waals surface area contributed by atoms with E-state index in [0.29, 0.717) is 0 Å². The van der Waals surface area contributed by atoms with Crippen molar-refractivity contribution in [1.29, 1.82) is 0 Å². The molecular formula is C29H25F6N6OPRu+. The van der Waals surface area contributed by atoms with Crippen LogP contribution in [0.4, 0.5) is 31.0 Å². The van der Waals surface area contributed by atoms with Crippen LogP contribution in [0.2, 0.25) is 0 Å². The number of aromatic nitrogens is 5. The van der Waals surface area contributed by atoms with Gasteiger partial charge in [-0.1, -0.05) is 35.9 Å². The van der Waals surface area contributed by atoms with Crippen LogP contribution in [-0.2, 0) is 30.7 Å². The van der Waals surface area contributed by atoms with Crippen LogP contribution in [0.5, 0.6) is 0 Å². The Morgan fingerprint density at radius 2 is 0.932 bits per heavy atom. The second kappa shape index (κ2) is 15.5.